The van der Waals surface area contributed by atoms with Gasteiger partial charge in [-0.2, -0.15) is 0 Å². The van der Waals surface area contributed by atoms with Crippen molar-refractivity contribution in [2.45, 2.75) is 58.3 Å². The molecule has 1 amide bonds. The van der Waals surface area contributed by atoms with Crippen LogP contribution in [-0.4, -0.2) is 33.2 Å². The van der Waals surface area contributed by atoms with Gasteiger partial charge in [-0.25, -0.2) is 8.42 Å². The second-order valence-corrected chi connectivity index (χ2v) is 8.68. The lowest BCUT2D eigenvalue weighted by Gasteiger charge is -2.17. The molecule has 0 saturated carbocycles. The van der Waals surface area contributed by atoms with Crippen LogP contribution in [0.25, 0.3) is 0 Å². The highest BCUT2D eigenvalue weighted by Gasteiger charge is 2.28. The van der Waals surface area contributed by atoms with E-state index in [4.69, 9.17) is 0 Å². The Morgan fingerprint density at radius 1 is 1.12 bits per heavy atom. The topological polar surface area (TPSA) is 66.5 Å². The Labute approximate surface area is 151 Å². The number of hydrogen-bond donors (Lipinski definition) is 1. The number of benzene rings is 1. The average molecular weight is 367 g/mol. The van der Waals surface area contributed by atoms with Gasteiger partial charge >= 0.3 is 0 Å². The Balaban J connectivity index is 1.78. The van der Waals surface area contributed by atoms with Gasteiger partial charge in [-0.3, -0.25) is 9.10 Å². The molecule has 1 aliphatic rings. The van der Waals surface area contributed by atoms with Crippen molar-refractivity contribution in [2.24, 2.45) is 0 Å². The fraction of sp³-hybridized carbons (Fsp3) is 0.632. The molecule has 5 nitrogen and oxygen atoms in total. The summed E-state index contributed by atoms with van der Waals surface area (Å²) in [6.07, 6.45) is 9.11. The largest absolute Gasteiger partial charge is 0.352 e. The van der Waals surface area contributed by atoms with E-state index in [1.165, 1.54) is 36.4 Å². The number of carbonyl (C=O) groups is 1. The molecule has 2 rings (SSSR count). The van der Waals surface area contributed by atoms with E-state index in [2.05, 4.69) is 12.2 Å². The van der Waals surface area contributed by atoms with Gasteiger partial charge in [0.15, 0.2) is 0 Å². The standard InChI is InChI=1S/C19H30N2O3S/c1-2-3-4-5-6-7-8-13-20-19(22)17-11-9-12-18(16-17)21-14-10-15-25(21,23)24/h9,11-12,16H,2-8,10,13-15H2,1H3,(H,20,22). The van der Waals surface area contributed by atoms with Crippen LogP contribution in [-0.2, 0) is 10.0 Å². The van der Waals surface area contributed by atoms with Crippen molar-refractivity contribution in [3.05, 3.63) is 29.8 Å². The third-order valence-electron chi connectivity index (χ3n) is 4.56. The number of anilines is 1. The molecule has 1 aliphatic heterocycles. The van der Waals surface area contributed by atoms with Crippen LogP contribution in [0.3, 0.4) is 0 Å². The van der Waals surface area contributed by atoms with E-state index in [0.717, 1.165) is 12.8 Å². The van der Waals surface area contributed by atoms with Crippen LogP contribution < -0.4 is 9.62 Å². The Kier molecular flexibility index (Phi) is 7.75. The summed E-state index contributed by atoms with van der Waals surface area (Å²) in [5.41, 5.74) is 1.10. The highest BCUT2D eigenvalue weighted by molar-refractivity contribution is 7.93. The number of carbonyl (C=O) groups excluding carboxylic acids is 1. The molecule has 0 aromatic heterocycles. The van der Waals surface area contributed by atoms with Gasteiger partial charge in [0.1, 0.15) is 0 Å². The van der Waals surface area contributed by atoms with E-state index in [1.54, 1.807) is 24.3 Å². The lowest BCUT2D eigenvalue weighted by Crippen LogP contribution is -2.27. The minimum atomic E-state index is -3.22. The first kappa shape index (κ1) is 19.8. The third-order valence-corrected chi connectivity index (χ3v) is 6.43. The first-order chi connectivity index (χ1) is 12.0. The number of hydrogen-bond acceptors (Lipinski definition) is 3. The van der Waals surface area contributed by atoms with Gasteiger partial charge in [-0.05, 0) is 31.0 Å². The number of unbranched alkanes of at least 4 members (excludes halogenated alkanes) is 6. The van der Waals surface area contributed by atoms with Crippen molar-refractivity contribution in [2.75, 3.05) is 23.1 Å². The molecule has 1 saturated heterocycles. The number of amides is 1. The number of nitrogens with zero attached hydrogens (tertiary/aromatic N) is 1. The Morgan fingerprint density at radius 2 is 1.84 bits per heavy atom. The maximum atomic E-state index is 12.3. The summed E-state index contributed by atoms with van der Waals surface area (Å²) in [4.78, 5) is 12.3. The average Bonchev–Trinajstić information content (AvgIpc) is 2.96. The maximum Gasteiger partial charge on any atom is 0.251 e. The summed E-state index contributed by atoms with van der Waals surface area (Å²) in [5, 5.41) is 2.93. The van der Waals surface area contributed by atoms with Crippen LogP contribution in [0.4, 0.5) is 5.69 Å². The van der Waals surface area contributed by atoms with E-state index < -0.39 is 10.0 Å². The molecule has 1 N–H and O–H groups in total. The van der Waals surface area contributed by atoms with Gasteiger partial charge in [0.2, 0.25) is 10.0 Å². The summed E-state index contributed by atoms with van der Waals surface area (Å²) in [6, 6.07) is 6.89. The molecule has 0 bridgehead atoms. The van der Waals surface area contributed by atoms with Gasteiger partial charge in [-0.1, -0.05) is 51.5 Å². The highest BCUT2D eigenvalue weighted by atomic mass is 32.2. The van der Waals surface area contributed by atoms with Gasteiger partial charge in [0.05, 0.1) is 11.4 Å². The number of nitrogens with one attached hydrogen (secondary N) is 1. The normalized spacial score (nSPS) is 16.1. The summed E-state index contributed by atoms with van der Waals surface area (Å²) >= 11 is 0. The molecule has 6 heteroatoms. The zero-order chi connectivity index (χ0) is 18.1. The monoisotopic (exact) mass is 366 g/mol. The highest BCUT2D eigenvalue weighted by Crippen LogP contribution is 2.24. The van der Waals surface area contributed by atoms with Crippen LogP contribution >= 0.6 is 0 Å². The van der Waals surface area contributed by atoms with Gasteiger partial charge in [-0.15, -0.1) is 0 Å². The fourth-order valence-electron chi connectivity index (χ4n) is 3.12. The molecule has 140 valence electrons. The fourth-order valence-corrected chi connectivity index (χ4v) is 4.67. The van der Waals surface area contributed by atoms with E-state index in [-0.39, 0.29) is 11.7 Å². The molecule has 0 aliphatic carbocycles. The van der Waals surface area contributed by atoms with Crippen LogP contribution in [0.1, 0.15) is 68.6 Å². The smallest absolute Gasteiger partial charge is 0.251 e. The molecule has 1 aromatic rings. The van der Waals surface area contributed by atoms with Crippen LogP contribution in [0.2, 0.25) is 0 Å². The molecule has 0 radical (unpaired) electrons. The number of sulfonamides is 1. The summed E-state index contributed by atoms with van der Waals surface area (Å²) in [6.45, 7) is 3.37. The molecular formula is C19H30N2O3S. The predicted molar refractivity (Wildman–Crippen MR) is 103 cm³/mol. The molecule has 1 fully saturated rings. The SMILES string of the molecule is CCCCCCCCCNC(=O)c1cccc(N2CCCS2(=O)=O)c1. The quantitative estimate of drug-likeness (QED) is 0.642. The second kappa shape index (κ2) is 9.80. The molecule has 0 atom stereocenters. The summed E-state index contributed by atoms with van der Waals surface area (Å²) < 4.78 is 25.4. The third kappa shape index (κ3) is 6.03. The Bertz CT molecular complexity index is 658. The summed E-state index contributed by atoms with van der Waals surface area (Å²) in [7, 11) is -3.22. The Morgan fingerprint density at radius 3 is 2.52 bits per heavy atom. The van der Waals surface area contributed by atoms with Gasteiger partial charge < -0.3 is 5.32 Å². The van der Waals surface area contributed by atoms with Crippen LogP contribution in [0.5, 0.6) is 0 Å². The van der Waals surface area contributed by atoms with E-state index in [0.29, 0.717) is 30.8 Å². The lowest BCUT2D eigenvalue weighted by atomic mass is 10.1. The predicted octanol–water partition coefficient (Wildman–Crippen LogP) is 3.71. The van der Waals surface area contributed by atoms with Crippen LogP contribution in [0, 0.1) is 0 Å². The maximum absolute atomic E-state index is 12.3. The van der Waals surface area contributed by atoms with Gasteiger partial charge in [0.25, 0.3) is 5.91 Å². The zero-order valence-corrected chi connectivity index (χ0v) is 16.0. The minimum Gasteiger partial charge on any atom is -0.352 e. The van der Waals surface area contributed by atoms with Gasteiger partial charge in [0, 0.05) is 18.7 Å². The second-order valence-electron chi connectivity index (χ2n) is 6.67. The van der Waals surface area contributed by atoms with Crippen molar-refractivity contribution < 1.29 is 13.2 Å². The number of rotatable bonds is 10. The molecule has 25 heavy (non-hydrogen) atoms. The van der Waals surface area contributed by atoms with Crippen molar-refractivity contribution in [1.29, 1.82) is 0 Å². The van der Waals surface area contributed by atoms with Crippen molar-refractivity contribution in [3.8, 4) is 0 Å². The van der Waals surface area contributed by atoms with E-state index >= 15 is 0 Å². The molecule has 0 unspecified atom stereocenters. The minimum absolute atomic E-state index is 0.135. The van der Waals surface area contributed by atoms with E-state index in [9.17, 15) is 13.2 Å². The van der Waals surface area contributed by atoms with Crippen LogP contribution in [0.15, 0.2) is 24.3 Å². The van der Waals surface area contributed by atoms with Crippen molar-refractivity contribution in [1.82, 2.24) is 5.32 Å². The Hall–Kier alpha value is -1.56. The molecule has 1 heterocycles. The van der Waals surface area contributed by atoms with Crippen molar-refractivity contribution in [3.63, 3.8) is 0 Å². The van der Waals surface area contributed by atoms with E-state index in [1.807, 2.05) is 0 Å². The molecular weight excluding hydrogens is 336 g/mol. The van der Waals surface area contributed by atoms with Crippen molar-refractivity contribution >= 4 is 21.6 Å². The summed E-state index contributed by atoms with van der Waals surface area (Å²) in [5.74, 6) is 0.0474. The first-order valence-corrected chi connectivity index (χ1v) is 11.0. The lowest BCUT2D eigenvalue weighted by molar-refractivity contribution is 0.0953. The molecule has 0 spiro atoms. The first-order valence-electron chi connectivity index (χ1n) is 9.43. The molecule has 1 aromatic carbocycles. The zero-order valence-electron chi connectivity index (χ0n) is 15.2.